The van der Waals surface area contributed by atoms with Crippen LogP contribution in [0.15, 0.2) is 0 Å². The molecule has 3 heteroatoms. The van der Waals surface area contributed by atoms with Gasteiger partial charge in [0.05, 0.1) is 5.41 Å². The second kappa shape index (κ2) is 2.56. The zero-order valence-electron chi connectivity index (χ0n) is 7.75. The molecular formula is C10H14O3. The summed E-state index contributed by atoms with van der Waals surface area (Å²) < 4.78 is 0. The Morgan fingerprint density at radius 2 is 2.23 bits per heavy atom. The van der Waals surface area contributed by atoms with Crippen molar-refractivity contribution in [1.29, 1.82) is 0 Å². The van der Waals surface area contributed by atoms with E-state index in [1.165, 1.54) is 0 Å². The van der Waals surface area contributed by atoms with Gasteiger partial charge in [0.2, 0.25) is 0 Å². The number of carboxylic acid groups (broad SMARTS) is 1. The van der Waals surface area contributed by atoms with Crippen LogP contribution in [-0.2, 0) is 9.59 Å². The molecule has 0 amide bonds. The van der Waals surface area contributed by atoms with E-state index in [4.69, 9.17) is 5.11 Å². The molecule has 0 saturated heterocycles. The maximum atomic E-state index is 11.4. The molecule has 0 aromatic heterocycles. The first-order valence-electron chi connectivity index (χ1n) is 4.79. The number of carbonyl (C=O) groups excluding carboxylic acids is 1. The van der Waals surface area contributed by atoms with E-state index >= 15 is 0 Å². The molecule has 0 aliphatic heterocycles. The van der Waals surface area contributed by atoms with Crippen LogP contribution in [0, 0.1) is 17.3 Å². The van der Waals surface area contributed by atoms with Gasteiger partial charge in [-0.15, -0.1) is 0 Å². The number of ketones is 1. The fraction of sp³-hybridized carbons (Fsp3) is 0.800. The van der Waals surface area contributed by atoms with Crippen LogP contribution in [0.1, 0.15) is 32.6 Å². The van der Waals surface area contributed by atoms with Gasteiger partial charge in [0, 0.05) is 12.3 Å². The van der Waals surface area contributed by atoms with Gasteiger partial charge in [-0.05, 0) is 32.1 Å². The maximum Gasteiger partial charge on any atom is 0.309 e. The van der Waals surface area contributed by atoms with Gasteiger partial charge in [0.1, 0.15) is 5.78 Å². The summed E-state index contributed by atoms with van der Waals surface area (Å²) in [6.45, 7) is 1.76. The minimum Gasteiger partial charge on any atom is -0.481 e. The number of hydrogen-bond acceptors (Lipinski definition) is 2. The highest BCUT2D eigenvalue weighted by Gasteiger charge is 2.51. The summed E-state index contributed by atoms with van der Waals surface area (Å²) in [6.07, 6.45) is 2.84. The van der Waals surface area contributed by atoms with Crippen molar-refractivity contribution >= 4 is 11.8 Å². The van der Waals surface area contributed by atoms with Crippen LogP contribution >= 0.6 is 0 Å². The average Bonchev–Trinajstić information content (AvgIpc) is 2.52. The van der Waals surface area contributed by atoms with E-state index in [-0.39, 0.29) is 11.7 Å². The van der Waals surface area contributed by atoms with E-state index in [1.807, 2.05) is 0 Å². The molecule has 13 heavy (non-hydrogen) atoms. The predicted octanol–water partition coefficient (Wildman–Crippen LogP) is 1.47. The van der Waals surface area contributed by atoms with Gasteiger partial charge in [0.25, 0.3) is 0 Å². The van der Waals surface area contributed by atoms with Crippen LogP contribution in [0.5, 0.6) is 0 Å². The lowest BCUT2D eigenvalue weighted by Gasteiger charge is -2.18. The average molecular weight is 182 g/mol. The summed E-state index contributed by atoms with van der Waals surface area (Å²) in [5, 5.41) is 9.00. The number of Topliss-reactive ketones (excluding diaryl/α,β-unsaturated/α-hetero) is 1. The largest absolute Gasteiger partial charge is 0.481 e. The second-order valence-electron chi connectivity index (χ2n) is 4.65. The Balaban J connectivity index is 2.18. The molecule has 2 aliphatic carbocycles. The lowest BCUT2D eigenvalue weighted by molar-refractivity contribution is -0.147. The molecule has 0 unspecified atom stereocenters. The van der Waals surface area contributed by atoms with Crippen LogP contribution in [0.4, 0.5) is 0 Å². The zero-order chi connectivity index (χ0) is 9.64. The minimum atomic E-state index is -0.741. The highest BCUT2D eigenvalue weighted by atomic mass is 16.4. The van der Waals surface area contributed by atoms with Crippen molar-refractivity contribution in [1.82, 2.24) is 0 Å². The Kier molecular flexibility index (Phi) is 1.72. The molecular weight excluding hydrogens is 168 g/mol. The molecule has 2 rings (SSSR count). The van der Waals surface area contributed by atoms with Crippen molar-refractivity contribution in [3.8, 4) is 0 Å². The first-order valence-corrected chi connectivity index (χ1v) is 4.79. The number of aliphatic carboxylic acids is 1. The van der Waals surface area contributed by atoms with Crippen molar-refractivity contribution in [2.75, 3.05) is 0 Å². The Morgan fingerprint density at radius 3 is 2.77 bits per heavy atom. The third-order valence-corrected chi connectivity index (χ3v) is 3.64. The first-order chi connectivity index (χ1) is 6.03. The third-order valence-electron chi connectivity index (χ3n) is 3.64. The number of carboxylic acids is 1. The smallest absolute Gasteiger partial charge is 0.309 e. The van der Waals surface area contributed by atoms with Gasteiger partial charge >= 0.3 is 5.97 Å². The van der Waals surface area contributed by atoms with Crippen molar-refractivity contribution in [3.05, 3.63) is 0 Å². The highest BCUT2D eigenvalue weighted by molar-refractivity contribution is 5.86. The van der Waals surface area contributed by atoms with Crippen LogP contribution in [-0.4, -0.2) is 16.9 Å². The van der Waals surface area contributed by atoms with Crippen LogP contribution in [0.2, 0.25) is 0 Å². The molecule has 0 spiro atoms. The molecule has 0 heterocycles. The summed E-state index contributed by atoms with van der Waals surface area (Å²) >= 11 is 0. The van der Waals surface area contributed by atoms with E-state index in [9.17, 15) is 9.59 Å². The lowest BCUT2D eigenvalue weighted by atomic mass is 9.86. The summed E-state index contributed by atoms with van der Waals surface area (Å²) in [5.41, 5.74) is -0.634. The normalized spacial score (nSPS) is 43.6. The molecule has 1 N–H and O–H groups in total. The van der Waals surface area contributed by atoms with Gasteiger partial charge < -0.3 is 5.11 Å². The van der Waals surface area contributed by atoms with Gasteiger partial charge in [-0.2, -0.15) is 0 Å². The quantitative estimate of drug-likeness (QED) is 0.668. The first kappa shape index (κ1) is 8.73. The van der Waals surface area contributed by atoms with Gasteiger partial charge in [-0.25, -0.2) is 0 Å². The van der Waals surface area contributed by atoms with Crippen molar-refractivity contribution < 1.29 is 14.7 Å². The van der Waals surface area contributed by atoms with Gasteiger partial charge in [-0.1, -0.05) is 0 Å². The number of fused-ring (bicyclic) bond motifs is 1. The predicted molar refractivity (Wildman–Crippen MR) is 46.2 cm³/mol. The molecule has 2 saturated carbocycles. The number of rotatable bonds is 1. The number of carbonyl (C=O) groups is 2. The molecule has 3 nitrogen and oxygen atoms in total. The maximum absolute atomic E-state index is 11.4. The summed E-state index contributed by atoms with van der Waals surface area (Å²) in [7, 11) is 0. The van der Waals surface area contributed by atoms with Crippen molar-refractivity contribution in [3.63, 3.8) is 0 Å². The fourth-order valence-electron chi connectivity index (χ4n) is 2.82. The lowest BCUT2D eigenvalue weighted by Crippen LogP contribution is -2.25. The highest BCUT2D eigenvalue weighted by Crippen LogP contribution is 2.51. The van der Waals surface area contributed by atoms with Gasteiger partial charge in [-0.3, -0.25) is 9.59 Å². The molecule has 0 aromatic rings. The summed E-state index contributed by atoms with van der Waals surface area (Å²) in [5.74, 6) is -0.0422. The summed E-state index contributed by atoms with van der Waals surface area (Å²) in [6, 6.07) is 0. The van der Waals surface area contributed by atoms with E-state index in [0.29, 0.717) is 25.2 Å². The molecule has 0 aromatic carbocycles. The standard InChI is InChI=1S/C10H14O3/c1-10(9(12)13)4-6-2-3-8(11)7(6)5-10/h6-7H,2-5H2,1H3,(H,12,13)/t6-,7+,10-/m0/s1. The van der Waals surface area contributed by atoms with E-state index < -0.39 is 11.4 Å². The topological polar surface area (TPSA) is 54.4 Å². The van der Waals surface area contributed by atoms with Crippen LogP contribution < -0.4 is 0 Å². The van der Waals surface area contributed by atoms with E-state index in [1.54, 1.807) is 6.92 Å². The van der Waals surface area contributed by atoms with Crippen LogP contribution in [0.3, 0.4) is 0 Å². The molecule has 0 bridgehead atoms. The van der Waals surface area contributed by atoms with E-state index in [0.717, 1.165) is 6.42 Å². The summed E-state index contributed by atoms with van der Waals surface area (Å²) in [4.78, 5) is 22.3. The molecule has 2 fully saturated rings. The molecule has 0 radical (unpaired) electrons. The fourth-order valence-corrected chi connectivity index (χ4v) is 2.82. The Bertz CT molecular complexity index is 269. The number of hydrogen-bond donors (Lipinski definition) is 1. The van der Waals surface area contributed by atoms with Crippen molar-refractivity contribution in [2.45, 2.75) is 32.6 Å². The Hall–Kier alpha value is -0.860. The third kappa shape index (κ3) is 1.18. The van der Waals surface area contributed by atoms with Gasteiger partial charge in [0.15, 0.2) is 0 Å². The van der Waals surface area contributed by atoms with Crippen molar-refractivity contribution in [2.24, 2.45) is 17.3 Å². The zero-order valence-corrected chi connectivity index (χ0v) is 7.75. The Morgan fingerprint density at radius 1 is 1.54 bits per heavy atom. The molecule has 72 valence electrons. The second-order valence-corrected chi connectivity index (χ2v) is 4.65. The Labute approximate surface area is 77.1 Å². The molecule has 3 atom stereocenters. The van der Waals surface area contributed by atoms with Crippen LogP contribution in [0.25, 0.3) is 0 Å². The SMILES string of the molecule is C[C@]1(C(=O)O)C[C@@H]2CCC(=O)[C@@H]2C1. The monoisotopic (exact) mass is 182 g/mol. The minimum absolute atomic E-state index is 0.0566. The van der Waals surface area contributed by atoms with E-state index in [2.05, 4.69) is 0 Å². The molecule has 2 aliphatic rings.